The van der Waals surface area contributed by atoms with Crippen molar-refractivity contribution < 1.29 is 29.0 Å². The minimum atomic E-state index is -1.16. The third kappa shape index (κ3) is 5.75. The summed E-state index contributed by atoms with van der Waals surface area (Å²) in [6.07, 6.45) is 0.0129. The molecule has 0 saturated carbocycles. The van der Waals surface area contributed by atoms with Gasteiger partial charge in [0.2, 0.25) is 5.91 Å². The van der Waals surface area contributed by atoms with Crippen molar-refractivity contribution in [3.05, 3.63) is 59.7 Å². The minimum Gasteiger partial charge on any atom is -0.480 e. The van der Waals surface area contributed by atoms with Crippen LogP contribution in [0.3, 0.4) is 0 Å². The summed E-state index contributed by atoms with van der Waals surface area (Å²) < 4.78 is 10.5. The summed E-state index contributed by atoms with van der Waals surface area (Å²) in [4.78, 5) is 37.1. The van der Waals surface area contributed by atoms with Gasteiger partial charge < -0.3 is 25.2 Å². The molecular formula is C26H32N2O6. The van der Waals surface area contributed by atoms with E-state index in [9.17, 15) is 19.5 Å². The van der Waals surface area contributed by atoms with Gasteiger partial charge >= 0.3 is 12.1 Å². The van der Waals surface area contributed by atoms with Crippen LogP contribution in [0.15, 0.2) is 48.5 Å². The fourth-order valence-corrected chi connectivity index (χ4v) is 4.22. The van der Waals surface area contributed by atoms with Crippen molar-refractivity contribution in [3.8, 4) is 11.1 Å². The monoisotopic (exact) mass is 468 g/mol. The number of fused-ring (bicyclic) bond motifs is 3. The Kier molecular flexibility index (Phi) is 8.65. The van der Waals surface area contributed by atoms with Crippen molar-refractivity contribution in [2.24, 2.45) is 5.92 Å². The van der Waals surface area contributed by atoms with Crippen LogP contribution in [-0.2, 0) is 19.1 Å². The van der Waals surface area contributed by atoms with E-state index in [4.69, 9.17) is 9.47 Å². The lowest BCUT2D eigenvalue weighted by molar-refractivity contribution is -0.142. The van der Waals surface area contributed by atoms with E-state index in [2.05, 4.69) is 22.8 Å². The van der Waals surface area contributed by atoms with Gasteiger partial charge in [0.15, 0.2) is 0 Å². The summed E-state index contributed by atoms with van der Waals surface area (Å²) >= 11 is 0. The Morgan fingerprint density at radius 3 is 2.12 bits per heavy atom. The van der Waals surface area contributed by atoms with Gasteiger partial charge in [0.1, 0.15) is 18.7 Å². The van der Waals surface area contributed by atoms with Crippen LogP contribution >= 0.6 is 0 Å². The van der Waals surface area contributed by atoms with Crippen LogP contribution in [0, 0.1) is 5.92 Å². The lowest BCUT2D eigenvalue weighted by Crippen LogP contribution is -2.54. The van der Waals surface area contributed by atoms with Crippen molar-refractivity contribution in [3.63, 3.8) is 0 Å². The number of aliphatic carboxylic acids is 1. The van der Waals surface area contributed by atoms with Crippen molar-refractivity contribution >= 4 is 18.0 Å². The summed E-state index contributed by atoms with van der Waals surface area (Å²) in [5.41, 5.74) is 4.44. The third-order valence-electron chi connectivity index (χ3n) is 6.34. The van der Waals surface area contributed by atoms with Crippen LogP contribution in [-0.4, -0.2) is 55.5 Å². The molecule has 3 atom stereocenters. The number of carbonyl (C=O) groups is 3. The molecule has 2 aromatic carbocycles. The molecule has 0 aromatic heterocycles. The van der Waals surface area contributed by atoms with E-state index >= 15 is 0 Å². The van der Waals surface area contributed by atoms with Crippen LogP contribution in [0.1, 0.15) is 43.7 Å². The van der Waals surface area contributed by atoms with Crippen LogP contribution in [0.4, 0.5) is 4.79 Å². The van der Waals surface area contributed by atoms with Crippen molar-refractivity contribution in [1.29, 1.82) is 0 Å². The average molecular weight is 469 g/mol. The molecule has 0 aliphatic heterocycles. The van der Waals surface area contributed by atoms with Gasteiger partial charge in [-0.1, -0.05) is 68.8 Å². The zero-order chi connectivity index (χ0) is 24.7. The molecule has 8 nitrogen and oxygen atoms in total. The van der Waals surface area contributed by atoms with Crippen molar-refractivity contribution in [2.45, 2.75) is 44.7 Å². The van der Waals surface area contributed by atoms with Crippen molar-refractivity contribution in [1.82, 2.24) is 10.6 Å². The molecule has 1 aliphatic carbocycles. The average Bonchev–Trinajstić information content (AvgIpc) is 3.16. The van der Waals surface area contributed by atoms with Gasteiger partial charge in [-0.25, -0.2) is 9.59 Å². The van der Waals surface area contributed by atoms with Gasteiger partial charge in [-0.05, 0) is 28.2 Å². The molecule has 3 unspecified atom stereocenters. The van der Waals surface area contributed by atoms with Gasteiger partial charge in [0.05, 0.1) is 0 Å². The second-order valence-electron chi connectivity index (χ2n) is 8.51. The van der Waals surface area contributed by atoms with Crippen molar-refractivity contribution in [2.75, 3.05) is 20.3 Å². The fraction of sp³-hybridized carbons (Fsp3) is 0.423. The van der Waals surface area contributed by atoms with E-state index in [1.165, 1.54) is 7.11 Å². The maximum absolute atomic E-state index is 12.9. The number of alkyl carbamates (subject to hydrolysis) is 1. The number of hydrogen-bond donors (Lipinski definition) is 3. The Morgan fingerprint density at radius 2 is 1.59 bits per heavy atom. The van der Waals surface area contributed by atoms with Gasteiger partial charge in [-0.3, -0.25) is 4.79 Å². The Hall–Kier alpha value is -3.39. The highest BCUT2D eigenvalue weighted by atomic mass is 16.5. The second kappa shape index (κ2) is 11.7. The Morgan fingerprint density at radius 1 is 1.00 bits per heavy atom. The van der Waals surface area contributed by atoms with E-state index in [1.54, 1.807) is 0 Å². The quantitative estimate of drug-likeness (QED) is 0.465. The molecule has 0 spiro atoms. The summed E-state index contributed by atoms with van der Waals surface area (Å²) in [5.74, 6) is -2.04. The number of benzene rings is 2. The first-order chi connectivity index (χ1) is 16.4. The molecule has 2 aromatic rings. The van der Waals surface area contributed by atoms with E-state index in [0.29, 0.717) is 6.42 Å². The molecule has 0 fully saturated rings. The fourth-order valence-electron chi connectivity index (χ4n) is 4.22. The van der Waals surface area contributed by atoms with Crippen LogP contribution < -0.4 is 10.6 Å². The maximum atomic E-state index is 12.9. The number of carboxylic acid groups (broad SMARTS) is 1. The molecule has 1 aliphatic rings. The second-order valence-corrected chi connectivity index (χ2v) is 8.51. The first-order valence-corrected chi connectivity index (χ1v) is 11.5. The number of rotatable bonds is 11. The first-order valence-electron chi connectivity index (χ1n) is 11.5. The summed E-state index contributed by atoms with van der Waals surface area (Å²) in [7, 11) is 1.46. The number of hydrogen-bond acceptors (Lipinski definition) is 5. The molecule has 8 heteroatoms. The lowest BCUT2D eigenvalue weighted by Gasteiger charge is -2.25. The summed E-state index contributed by atoms with van der Waals surface area (Å²) in [5, 5.41) is 14.5. The lowest BCUT2D eigenvalue weighted by atomic mass is 9.97. The molecule has 0 bridgehead atoms. The third-order valence-corrected chi connectivity index (χ3v) is 6.34. The normalized spacial score (nSPS) is 14.9. The standard InChI is InChI=1S/C26H32N2O6/c1-4-16(2)23(24(29)27-22(25(30)31)13-14-33-3)28-26(32)34-15-21-19-11-7-5-9-17(19)18-10-6-8-12-20(18)21/h5-12,16,21-23H,4,13-15H2,1-3H3,(H,27,29)(H,28,32)(H,30,31). The summed E-state index contributed by atoms with van der Waals surface area (Å²) in [6.45, 7) is 4.02. The number of carbonyl (C=O) groups excluding carboxylic acids is 2. The van der Waals surface area contributed by atoms with Gasteiger partial charge in [-0.15, -0.1) is 0 Å². The smallest absolute Gasteiger partial charge is 0.407 e. The molecular weight excluding hydrogens is 436 g/mol. The topological polar surface area (TPSA) is 114 Å². The predicted octanol–water partition coefficient (Wildman–Crippen LogP) is 3.55. The van der Waals surface area contributed by atoms with E-state index in [0.717, 1.165) is 22.3 Å². The first kappa shape index (κ1) is 25.2. The number of nitrogens with one attached hydrogen (secondary N) is 2. The molecule has 0 saturated heterocycles. The Bertz CT molecular complexity index is 978. The van der Waals surface area contributed by atoms with Gasteiger partial charge in [0.25, 0.3) is 0 Å². The summed E-state index contributed by atoms with van der Waals surface area (Å²) in [6, 6.07) is 14.0. The SMILES string of the molecule is CCC(C)C(NC(=O)OCC1c2ccccc2-c2ccccc21)C(=O)NC(CCOC)C(=O)O. The van der Waals surface area contributed by atoms with E-state index in [1.807, 2.05) is 50.2 Å². The van der Waals surface area contributed by atoms with Crippen LogP contribution in [0.25, 0.3) is 11.1 Å². The Labute approximate surface area is 199 Å². The van der Waals surface area contributed by atoms with Gasteiger partial charge in [-0.2, -0.15) is 0 Å². The van der Waals surface area contributed by atoms with E-state index < -0.39 is 30.1 Å². The zero-order valence-corrected chi connectivity index (χ0v) is 19.7. The zero-order valence-electron chi connectivity index (χ0n) is 19.7. The molecule has 3 rings (SSSR count). The number of amides is 2. The number of methoxy groups -OCH3 is 1. The highest BCUT2D eigenvalue weighted by molar-refractivity contribution is 5.89. The highest BCUT2D eigenvalue weighted by Gasteiger charge is 2.32. The molecule has 0 heterocycles. The molecule has 182 valence electrons. The molecule has 3 N–H and O–H groups in total. The Balaban J connectivity index is 1.66. The maximum Gasteiger partial charge on any atom is 0.407 e. The van der Waals surface area contributed by atoms with Crippen LogP contribution in [0.2, 0.25) is 0 Å². The van der Waals surface area contributed by atoms with Gasteiger partial charge in [0, 0.05) is 26.1 Å². The molecule has 2 amide bonds. The minimum absolute atomic E-state index is 0.0977. The molecule has 0 radical (unpaired) electrons. The number of ether oxygens (including phenoxy) is 2. The van der Waals surface area contributed by atoms with E-state index in [-0.39, 0.29) is 31.5 Å². The number of carboxylic acids is 1. The highest BCUT2D eigenvalue weighted by Crippen LogP contribution is 2.44. The van der Waals surface area contributed by atoms with Crippen LogP contribution in [0.5, 0.6) is 0 Å². The largest absolute Gasteiger partial charge is 0.480 e. The predicted molar refractivity (Wildman–Crippen MR) is 128 cm³/mol. The molecule has 34 heavy (non-hydrogen) atoms.